The molecule has 0 aliphatic rings. The third-order valence-electron chi connectivity index (χ3n) is 2.37. The van der Waals surface area contributed by atoms with Gasteiger partial charge in [-0.05, 0) is 18.6 Å². The quantitative estimate of drug-likeness (QED) is 0.823. The van der Waals surface area contributed by atoms with Crippen LogP contribution in [0.5, 0.6) is 0 Å². The number of nitrogens with zero attached hydrogens (tertiary/aromatic N) is 4. The van der Waals surface area contributed by atoms with E-state index in [4.69, 9.17) is 0 Å². The molecule has 2 rings (SSSR count). The molecule has 0 amide bonds. The first kappa shape index (κ1) is 10.8. The number of aromatic nitrogens is 4. The Labute approximate surface area is 94.5 Å². The molecule has 0 aromatic carbocycles. The molecule has 5 nitrogen and oxygen atoms in total. The van der Waals surface area contributed by atoms with E-state index in [9.17, 15) is 0 Å². The van der Waals surface area contributed by atoms with Gasteiger partial charge in [0.15, 0.2) is 0 Å². The standard InChI is InChI=1S/C11H15N5/c1-9-3-4-10(13-5-9)6-12-7-11-15-14-8-16(11)2/h3-5,8,12H,6-7H2,1-2H3. The molecule has 0 radical (unpaired) electrons. The Hall–Kier alpha value is -1.75. The van der Waals surface area contributed by atoms with Crippen LogP contribution in [0.2, 0.25) is 0 Å². The Morgan fingerprint density at radius 3 is 2.81 bits per heavy atom. The van der Waals surface area contributed by atoms with Gasteiger partial charge in [-0.15, -0.1) is 10.2 Å². The Balaban J connectivity index is 1.84. The lowest BCUT2D eigenvalue weighted by Crippen LogP contribution is -2.16. The Kier molecular flexibility index (Phi) is 3.26. The molecule has 2 heterocycles. The molecule has 5 heteroatoms. The van der Waals surface area contributed by atoms with Crippen LogP contribution in [-0.4, -0.2) is 19.7 Å². The second-order valence-electron chi connectivity index (χ2n) is 3.79. The van der Waals surface area contributed by atoms with E-state index in [1.807, 2.05) is 30.8 Å². The zero-order valence-electron chi connectivity index (χ0n) is 9.51. The molecule has 16 heavy (non-hydrogen) atoms. The van der Waals surface area contributed by atoms with Crippen molar-refractivity contribution in [1.82, 2.24) is 25.1 Å². The maximum atomic E-state index is 4.31. The van der Waals surface area contributed by atoms with Gasteiger partial charge in [0.2, 0.25) is 0 Å². The summed E-state index contributed by atoms with van der Waals surface area (Å²) in [5.41, 5.74) is 2.21. The summed E-state index contributed by atoms with van der Waals surface area (Å²) in [4.78, 5) is 4.31. The maximum absolute atomic E-state index is 4.31. The van der Waals surface area contributed by atoms with Crippen LogP contribution in [0.15, 0.2) is 24.7 Å². The third-order valence-corrected chi connectivity index (χ3v) is 2.37. The van der Waals surface area contributed by atoms with Crippen LogP contribution in [0, 0.1) is 6.92 Å². The summed E-state index contributed by atoms with van der Waals surface area (Å²) in [5, 5.41) is 11.1. The minimum absolute atomic E-state index is 0.700. The molecule has 1 N–H and O–H groups in total. The number of hydrogen-bond acceptors (Lipinski definition) is 4. The highest BCUT2D eigenvalue weighted by Crippen LogP contribution is 1.98. The number of pyridine rings is 1. The lowest BCUT2D eigenvalue weighted by atomic mass is 10.3. The van der Waals surface area contributed by atoms with Crippen LogP contribution in [-0.2, 0) is 20.1 Å². The first-order valence-corrected chi connectivity index (χ1v) is 5.21. The summed E-state index contributed by atoms with van der Waals surface area (Å²) in [7, 11) is 1.93. The molecule has 0 saturated heterocycles. The number of aryl methyl sites for hydroxylation is 2. The predicted molar refractivity (Wildman–Crippen MR) is 60.5 cm³/mol. The summed E-state index contributed by atoms with van der Waals surface area (Å²) < 4.78 is 1.90. The van der Waals surface area contributed by atoms with Crippen LogP contribution < -0.4 is 5.32 Å². The van der Waals surface area contributed by atoms with Crippen molar-refractivity contribution in [2.24, 2.45) is 7.05 Å². The fourth-order valence-corrected chi connectivity index (χ4v) is 1.37. The van der Waals surface area contributed by atoms with Gasteiger partial charge in [0.05, 0.1) is 12.2 Å². The summed E-state index contributed by atoms with van der Waals surface area (Å²) >= 11 is 0. The Morgan fingerprint density at radius 1 is 1.31 bits per heavy atom. The molecular weight excluding hydrogens is 202 g/mol. The number of nitrogens with one attached hydrogen (secondary N) is 1. The van der Waals surface area contributed by atoms with Gasteiger partial charge in [-0.1, -0.05) is 6.07 Å². The highest BCUT2D eigenvalue weighted by molar-refractivity contribution is 5.11. The van der Waals surface area contributed by atoms with Gasteiger partial charge in [-0.3, -0.25) is 4.98 Å². The van der Waals surface area contributed by atoms with Crippen molar-refractivity contribution in [3.63, 3.8) is 0 Å². The van der Waals surface area contributed by atoms with E-state index < -0.39 is 0 Å². The molecule has 0 spiro atoms. The van der Waals surface area contributed by atoms with Crippen molar-refractivity contribution in [2.75, 3.05) is 0 Å². The van der Waals surface area contributed by atoms with Gasteiger partial charge < -0.3 is 9.88 Å². The molecule has 0 fully saturated rings. The van der Waals surface area contributed by atoms with Gasteiger partial charge >= 0.3 is 0 Å². The zero-order valence-corrected chi connectivity index (χ0v) is 9.51. The van der Waals surface area contributed by atoms with Crippen LogP contribution in [0.1, 0.15) is 17.1 Å². The normalized spacial score (nSPS) is 10.6. The predicted octanol–water partition coefficient (Wildman–Crippen LogP) is 0.808. The molecule has 0 aliphatic carbocycles. The van der Waals surface area contributed by atoms with Gasteiger partial charge in [-0.25, -0.2) is 0 Å². The van der Waals surface area contributed by atoms with E-state index in [2.05, 4.69) is 26.6 Å². The van der Waals surface area contributed by atoms with Gasteiger partial charge in [0, 0.05) is 19.8 Å². The summed E-state index contributed by atoms with van der Waals surface area (Å²) in [6.07, 6.45) is 3.57. The highest BCUT2D eigenvalue weighted by atomic mass is 15.3. The second kappa shape index (κ2) is 4.85. The minimum Gasteiger partial charge on any atom is -0.320 e. The average molecular weight is 217 g/mol. The van der Waals surface area contributed by atoms with E-state index >= 15 is 0 Å². The minimum atomic E-state index is 0.700. The Bertz CT molecular complexity index is 446. The van der Waals surface area contributed by atoms with E-state index in [0.29, 0.717) is 6.54 Å². The van der Waals surface area contributed by atoms with Crippen molar-refractivity contribution in [3.05, 3.63) is 41.7 Å². The lowest BCUT2D eigenvalue weighted by molar-refractivity contribution is 0.629. The summed E-state index contributed by atoms with van der Waals surface area (Å²) in [6.45, 7) is 3.48. The monoisotopic (exact) mass is 217 g/mol. The lowest BCUT2D eigenvalue weighted by Gasteiger charge is -2.03. The fourth-order valence-electron chi connectivity index (χ4n) is 1.37. The van der Waals surface area contributed by atoms with Crippen molar-refractivity contribution < 1.29 is 0 Å². The largest absolute Gasteiger partial charge is 0.320 e. The fraction of sp³-hybridized carbons (Fsp3) is 0.364. The summed E-state index contributed by atoms with van der Waals surface area (Å²) in [6, 6.07) is 4.09. The Morgan fingerprint density at radius 2 is 2.19 bits per heavy atom. The molecule has 0 bridgehead atoms. The highest BCUT2D eigenvalue weighted by Gasteiger charge is 1.99. The van der Waals surface area contributed by atoms with Crippen LogP contribution in [0.3, 0.4) is 0 Å². The molecule has 0 saturated carbocycles. The van der Waals surface area contributed by atoms with Gasteiger partial charge in [0.1, 0.15) is 12.2 Å². The van der Waals surface area contributed by atoms with Crippen molar-refractivity contribution in [3.8, 4) is 0 Å². The first-order chi connectivity index (χ1) is 7.75. The summed E-state index contributed by atoms with van der Waals surface area (Å²) in [5.74, 6) is 0.923. The topological polar surface area (TPSA) is 55.6 Å². The van der Waals surface area contributed by atoms with Crippen LogP contribution >= 0.6 is 0 Å². The molecule has 0 aliphatic heterocycles. The molecule has 0 atom stereocenters. The number of rotatable bonds is 4. The average Bonchev–Trinajstić information content (AvgIpc) is 2.68. The van der Waals surface area contributed by atoms with Crippen molar-refractivity contribution in [2.45, 2.75) is 20.0 Å². The van der Waals surface area contributed by atoms with Crippen molar-refractivity contribution in [1.29, 1.82) is 0 Å². The van der Waals surface area contributed by atoms with E-state index in [-0.39, 0.29) is 0 Å². The molecule has 0 unspecified atom stereocenters. The SMILES string of the molecule is Cc1ccc(CNCc2nncn2C)nc1. The smallest absolute Gasteiger partial charge is 0.146 e. The second-order valence-corrected chi connectivity index (χ2v) is 3.79. The molecule has 2 aromatic rings. The van der Waals surface area contributed by atoms with Gasteiger partial charge in [0.25, 0.3) is 0 Å². The van der Waals surface area contributed by atoms with E-state index in [1.54, 1.807) is 6.33 Å². The van der Waals surface area contributed by atoms with Gasteiger partial charge in [-0.2, -0.15) is 0 Å². The zero-order chi connectivity index (χ0) is 11.4. The molecular formula is C11H15N5. The van der Waals surface area contributed by atoms with E-state index in [0.717, 1.165) is 18.1 Å². The number of hydrogen-bond donors (Lipinski definition) is 1. The third kappa shape index (κ3) is 2.64. The van der Waals surface area contributed by atoms with Crippen LogP contribution in [0.4, 0.5) is 0 Å². The molecule has 2 aromatic heterocycles. The maximum Gasteiger partial charge on any atom is 0.146 e. The van der Waals surface area contributed by atoms with E-state index in [1.165, 1.54) is 5.56 Å². The molecule has 84 valence electrons. The van der Waals surface area contributed by atoms with Crippen molar-refractivity contribution >= 4 is 0 Å². The van der Waals surface area contributed by atoms with Crippen LogP contribution in [0.25, 0.3) is 0 Å². The first-order valence-electron chi connectivity index (χ1n) is 5.21.